The summed E-state index contributed by atoms with van der Waals surface area (Å²) in [6, 6.07) is 0. The van der Waals surface area contributed by atoms with Crippen molar-refractivity contribution < 1.29 is 14.3 Å². The summed E-state index contributed by atoms with van der Waals surface area (Å²) >= 11 is 0. The number of esters is 1. The third-order valence-electron chi connectivity index (χ3n) is 3.19. The van der Waals surface area contributed by atoms with Gasteiger partial charge < -0.3 is 9.64 Å². The lowest BCUT2D eigenvalue weighted by Crippen LogP contribution is -2.62. The molecule has 16 heavy (non-hydrogen) atoms. The Morgan fingerprint density at radius 1 is 1.69 bits per heavy atom. The lowest BCUT2D eigenvalue weighted by Gasteiger charge is -2.43. The van der Waals surface area contributed by atoms with Crippen LogP contribution in [0.25, 0.3) is 0 Å². The molecular weight excluding hydrogens is 223 g/mol. The average Bonchev–Trinajstić information content (AvgIpc) is 2.22. The number of piperidine rings is 1. The molecule has 0 saturated carbocycles. The molecule has 7 heteroatoms. The molecule has 1 aliphatic heterocycles. The van der Waals surface area contributed by atoms with E-state index in [1.165, 1.54) is 0 Å². The molecule has 0 bridgehead atoms. The molecule has 0 N–H and O–H groups in total. The van der Waals surface area contributed by atoms with Crippen LogP contribution in [0.5, 0.6) is 0 Å². The van der Waals surface area contributed by atoms with Crippen LogP contribution in [0.2, 0.25) is 0 Å². The van der Waals surface area contributed by atoms with Crippen molar-refractivity contribution in [3.05, 3.63) is 0 Å². The Balaban J connectivity index is 2.80. The maximum absolute atomic E-state index is 12.2. The van der Waals surface area contributed by atoms with Gasteiger partial charge in [0.1, 0.15) is 21.6 Å². The number of ether oxygens (including phenoxy) is 1. The predicted molar refractivity (Wildman–Crippen MR) is 70.8 cm³/mol. The summed E-state index contributed by atoms with van der Waals surface area (Å²) in [5.41, 5.74) is 0. The Hall–Kier alpha value is -0.340. The van der Waals surface area contributed by atoms with Crippen molar-refractivity contribution in [3.8, 4) is 0 Å². The summed E-state index contributed by atoms with van der Waals surface area (Å²) in [4.78, 5) is 25.9. The van der Waals surface area contributed by atoms with Gasteiger partial charge in [-0.2, -0.15) is 0 Å². The van der Waals surface area contributed by atoms with Gasteiger partial charge in [-0.05, 0) is 19.9 Å². The minimum atomic E-state index is -0.581. The molecule has 2 unspecified atom stereocenters. The fraction of sp³-hybridized carbons (Fsp3) is 0.778. The van der Waals surface area contributed by atoms with Crippen LogP contribution in [0.3, 0.4) is 0 Å². The van der Waals surface area contributed by atoms with Gasteiger partial charge in [0.15, 0.2) is 5.78 Å². The van der Waals surface area contributed by atoms with Gasteiger partial charge in [0.2, 0.25) is 0 Å². The van der Waals surface area contributed by atoms with Crippen molar-refractivity contribution in [2.45, 2.75) is 18.7 Å². The quantitative estimate of drug-likeness (QED) is 0.253. The molecule has 0 amide bonds. The number of hydrogen-bond acceptors (Lipinski definition) is 4. The molecule has 0 aromatic heterocycles. The van der Waals surface area contributed by atoms with Gasteiger partial charge >= 0.3 is 5.97 Å². The first-order valence-corrected chi connectivity index (χ1v) is 6.42. The van der Waals surface area contributed by atoms with Crippen molar-refractivity contribution in [1.29, 1.82) is 0 Å². The molecule has 1 fully saturated rings. The molecule has 0 aromatic rings. The highest BCUT2D eigenvalue weighted by atomic mass is 31.0. The van der Waals surface area contributed by atoms with Crippen LogP contribution in [-0.2, 0) is 14.3 Å². The minimum Gasteiger partial charge on any atom is -0.465 e. The minimum absolute atomic E-state index is 0.0281. The fourth-order valence-corrected chi connectivity index (χ4v) is 2.70. The van der Waals surface area contributed by atoms with Gasteiger partial charge in [0, 0.05) is 11.6 Å². The van der Waals surface area contributed by atoms with E-state index in [2.05, 4.69) is 14.1 Å². The van der Waals surface area contributed by atoms with E-state index < -0.39 is 11.3 Å². The van der Waals surface area contributed by atoms with Crippen LogP contribution >= 0.6 is 9.24 Å². The zero-order chi connectivity index (χ0) is 12.3. The van der Waals surface area contributed by atoms with Crippen LogP contribution in [0.15, 0.2) is 0 Å². The lowest BCUT2D eigenvalue weighted by atomic mass is 9.54. The molecule has 0 aromatic carbocycles. The van der Waals surface area contributed by atoms with Gasteiger partial charge in [-0.3, -0.25) is 9.59 Å². The Kier molecular flexibility index (Phi) is 4.57. The molecule has 2 atom stereocenters. The zero-order valence-corrected chi connectivity index (χ0v) is 11.3. The van der Waals surface area contributed by atoms with E-state index in [1.807, 2.05) is 15.7 Å². The average molecular weight is 241 g/mol. The molecule has 0 radical (unpaired) electrons. The maximum Gasteiger partial charge on any atom is 0.316 e. The van der Waals surface area contributed by atoms with E-state index in [1.54, 1.807) is 6.92 Å². The zero-order valence-electron chi connectivity index (χ0n) is 10.2. The Labute approximate surface area is 100 Å². The predicted octanol–water partition coefficient (Wildman–Crippen LogP) is -1.81. The maximum atomic E-state index is 12.2. The third-order valence-corrected chi connectivity index (χ3v) is 3.63. The normalized spacial score (nSPS) is 25.4. The first kappa shape index (κ1) is 13.7. The summed E-state index contributed by atoms with van der Waals surface area (Å²) in [5.74, 6) is -0.980. The monoisotopic (exact) mass is 241 g/mol. The second-order valence-electron chi connectivity index (χ2n) is 4.46. The van der Waals surface area contributed by atoms with Crippen LogP contribution in [0.1, 0.15) is 13.3 Å². The van der Waals surface area contributed by atoms with E-state index in [0.29, 0.717) is 13.0 Å². The van der Waals surface area contributed by atoms with E-state index >= 15 is 0 Å². The van der Waals surface area contributed by atoms with Crippen molar-refractivity contribution in [1.82, 2.24) is 4.90 Å². The van der Waals surface area contributed by atoms with Gasteiger partial charge in [-0.15, -0.1) is 9.24 Å². The number of nitrogens with zero attached hydrogens (tertiary/aromatic N) is 1. The first-order chi connectivity index (χ1) is 7.45. The summed E-state index contributed by atoms with van der Waals surface area (Å²) in [6.45, 7) is 2.84. The molecule has 1 aliphatic rings. The second-order valence-corrected chi connectivity index (χ2v) is 4.83. The van der Waals surface area contributed by atoms with Crippen LogP contribution in [-0.4, -0.2) is 57.1 Å². The van der Waals surface area contributed by atoms with Gasteiger partial charge in [0.05, 0.1) is 6.61 Å². The molecule has 4 nitrogen and oxygen atoms in total. The Bertz CT molecular complexity index is 298. The molecule has 1 heterocycles. The molecular formula is C9H18B2NO3P. The summed E-state index contributed by atoms with van der Waals surface area (Å²) in [6.07, 6.45) is 1.31. The largest absolute Gasteiger partial charge is 0.465 e. The highest BCUT2D eigenvalue weighted by Crippen LogP contribution is 2.25. The lowest BCUT2D eigenvalue weighted by molar-refractivity contribution is -0.154. The first-order valence-electron chi connectivity index (χ1n) is 5.61. The highest BCUT2D eigenvalue weighted by Gasteiger charge is 2.45. The number of carbonyl (C=O) groups is 2. The topological polar surface area (TPSA) is 46.6 Å². The van der Waals surface area contributed by atoms with Crippen LogP contribution in [0.4, 0.5) is 0 Å². The number of hydrogen-bond donors (Lipinski definition) is 0. The molecule has 1 saturated heterocycles. The fourth-order valence-electron chi connectivity index (χ4n) is 2.07. The molecule has 1 rings (SSSR count). The van der Waals surface area contributed by atoms with Gasteiger partial charge in [-0.25, -0.2) is 0 Å². The number of ketones is 1. The second kappa shape index (κ2) is 5.33. The summed E-state index contributed by atoms with van der Waals surface area (Å²) < 4.78 is 4.93. The molecule has 88 valence electrons. The standard InChI is InChI=1S/C9H18B2NO3P/c1-2-15-8(14)6-3-4-12(5-16)9(10,11)7(6)13/h6H,2-5,10-11,16H2,1H3. The molecule has 0 spiro atoms. The number of Topliss-reactive ketones (excluding diaryl/α,β-unsaturated/α-hetero) is 1. The Morgan fingerprint density at radius 3 is 2.81 bits per heavy atom. The van der Waals surface area contributed by atoms with Crippen molar-refractivity contribution in [3.63, 3.8) is 0 Å². The number of rotatable bonds is 3. The van der Waals surface area contributed by atoms with E-state index in [-0.39, 0.29) is 11.8 Å². The van der Waals surface area contributed by atoms with Crippen molar-refractivity contribution in [2.24, 2.45) is 5.92 Å². The third kappa shape index (κ3) is 2.49. The van der Waals surface area contributed by atoms with E-state index in [0.717, 1.165) is 12.8 Å². The van der Waals surface area contributed by atoms with Gasteiger partial charge in [-0.1, -0.05) is 0 Å². The highest BCUT2D eigenvalue weighted by molar-refractivity contribution is 7.16. The Morgan fingerprint density at radius 2 is 2.31 bits per heavy atom. The van der Waals surface area contributed by atoms with Crippen molar-refractivity contribution >= 4 is 36.7 Å². The molecule has 0 aliphatic carbocycles. The van der Waals surface area contributed by atoms with Crippen molar-refractivity contribution in [2.75, 3.05) is 19.4 Å². The summed E-state index contributed by atoms with van der Waals surface area (Å²) in [7, 11) is 6.35. The van der Waals surface area contributed by atoms with E-state index in [4.69, 9.17) is 4.74 Å². The SMILES string of the molecule is BC1(B)C(=O)C(C(=O)OCC)CCN1CP. The number of likely N-dealkylation sites (tertiary alicyclic amines) is 1. The smallest absolute Gasteiger partial charge is 0.316 e. The summed E-state index contributed by atoms with van der Waals surface area (Å²) in [5, 5.41) is -0.572. The van der Waals surface area contributed by atoms with Crippen LogP contribution in [0, 0.1) is 5.92 Å². The number of carbonyl (C=O) groups excluding carboxylic acids is 2. The van der Waals surface area contributed by atoms with E-state index in [9.17, 15) is 9.59 Å². The van der Waals surface area contributed by atoms with Gasteiger partial charge in [0.25, 0.3) is 0 Å². The van der Waals surface area contributed by atoms with Crippen LogP contribution < -0.4 is 0 Å².